The van der Waals surface area contributed by atoms with Gasteiger partial charge >= 0.3 is 0 Å². The lowest BCUT2D eigenvalue weighted by Crippen LogP contribution is -2.25. The Hall–Kier alpha value is -5.27. The Kier molecular flexibility index (Phi) is 9.74. The zero-order valence-corrected chi connectivity index (χ0v) is 26.0. The zero-order valence-electron chi connectivity index (χ0n) is 26.0. The molecule has 0 unspecified atom stereocenters. The van der Waals surface area contributed by atoms with Gasteiger partial charge in [0.2, 0.25) is 5.88 Å². The fourth-order valence-corrected chi connectivity index (χ4v) is 5.46. The number of halogens is 1. The van der Waals surface area contributed by atoms with Gasteiger partial charge in [0.05, 0.1) is 35.5 Å². The predicted octanol–water partition coefficient (Wildman–Crippen LogP) is 5.15. The predicted molar refractivity (Wildman–Crippen MR) is 172 cm³/mol. The van der Waals surface area contributed by atoms with Gasteiger partial charge in [-0.25, -0.2) is 19.0 Å². The Morgan fingerprint density at radius 1 is 0.894 bits per heavy atom. The maximum atomic E-state index is 15.4. The molecule has 13 heteroatoms. The summed E-state index contributed by atoms with van der Waals surface area (Å²) in [6.45, 7) is 1.91. The van der Waals surface area contributed by atoms with Crippen LogP contribution in [0, 0.1) is 5.82 Å². The summed E-state index contributed by atoms with van der Waals surface area (Å²) < 4.78 is 46.6. The van der Waals surface area contributed by atoms with Crippen LogP contribution in [0.2, 0.25) is 0 Å². The number of aromatic nitrogens is 4. The summed E-state index contributed by atoms with van der Waals surface area (Å²) in [5, 5.41) is 3.16. The molecule has 0 aliphatic carbocycles. The average molecular weight is 644 g/mol. The number of methoxy groups -OCH3 is 2. The minimum atomic E-state index is -0.744. The van der Waals surface area contributed by atoms with Gasteiger partial charge in [0, 0.05) is 38.6 Å². The van der Waals surface area contributed by atoms with Crippen LogP contribution in [0.5, 0.6) is 23.1 Å². The number of anilines is 1. The van der Waals surface area contributed by atoms with E-state index >= 15 is 4.39 Å². The highest BCUT2D eigenvalue weighted by atomic mass is 19.1. The van der Waals surface area contributed by atoms with Crippen LogP contribution in [-0.2, 0) is 22.4 Å². The van der Waals surface area contributed by atoms with E-state index in [-0.39, 0.29) is 29.5 Å². The zero-order chi connectivity index (χ0) is 32.8. The van der Waals surface area contributed by atoms with Crippen LogP contribution in [-0.4, -0.2) is 65.9 Å². The third kappa shape index (κ3) is 6.81. The minimum absolute atomic E-state index is 0.0517. The number of hydrogen-bond acceptors (Lipinski definition) is 9. The summed E-state index contributed by atoms with van der Waals surface area (Å²) in [5.41, 5.74) is 1.63. The Labute approximate surface area is 269 Å². The number of hydrogen-bond donors (Lipinski definition) is 1. The van der Waals surface area contributed by atoms with Crippen LogP contribution >= 0.6 is 0 Å². The highest BCUT2D eigenvalue weighted by Gasteiger charge is 2.28. The molecule has 0 atom stereocenters. The first-order valence-corrected chi connectivity index (χ1v) is 15.2. The molecule has 0 saturated carbocycles. The van der Waals surface area contributed by atoms with Crippen molar-refractivity contribution < 1.29 is 32.9 Å². The fourth-order valence-electron chi connectivity index (χ4n) is 5.46. The molecule has 1 aliphatic rings. The molecule has 47 heavy (non-hydrogen) atoms. The molecule has 5 aromatic rings. The first-order chi connectivity index (χ1) is 23.0. The largest absolute Gasteiger partial charge is 0.487 e. The molecule has 0 spiro atoms. The number of nitrogens with one attached hydrogen (secondary N) is 1. The smallest absolute Gasteiger partial charge is 0.284 e. The Morgan fingerprint density at radius 2 is 1.64 bits per heavy atom. The lowest BCUT2D eigenvalue weighted by Gasteiger charge is -2.19. The van der Waals surface area contributed by atoms with E-state index in [9.17, 15) is 9.59 Å². The summed E-state index contributed by atoms with van der Waals surface area (Å²) in [4.78, 5) is 35.6. The lowest BCUT2D eigenvalue weighted by atomic mass is 10.1. The van der Waals surface area contributed by atoms with Gasteiger partial charge in [-0.3, -0.25) is 14.3 Å². The molecule has 1 aliphatic heterocycles. The van der Waals surface area contributed by atoms with Crippen molar-refractivity contribution in [2.24, 2.45) is 0 Å². The van der Waals surface area contributed by atoms with E-state index in [1.54, 1.807) is 26.4 Å². The van der Waals surface area contributed by atoms with Crippen LogP contribution in [0.15, 0.2) is 71.8 Å². The third-order valence-corrected chi connectivity index (χ3v) is 7.66. The van der Waals surface area contributed by atoms with E-state index in [4.69, 9.17) is 23.7 Å². The van der Waals surface area contributed by atoms with E-state index in [0.29, 0.717) is 66.6 Å². The molecule has 1 amide bonds. The number of carbonyl (C=O) groups excluding carboxylic acids is 1. The normalized spacial score (nSPS) is 12.5. The maximum Gasteiger partial charge on any atom is 0.284 e. The van der Waals surface area contributed by atoms with Crippen molar-refractivity contribution in [3.8, 4) is 28.8 Å². The second kappa shape index (κ2) is 14.4. The van der Waals surface area contributed by atoms with Gasteiger partial charge in [0.25, 0.3) is 11.5 Å². The highest BCUT2D eigenvalue weighted by molar-refractivity contribution is 6.05. The first-order valence-electron chi connectivity index (χ1n) is 15.2. The molecule has 0 radical (unpaired) electrons. The van der Waals surface area contributed by atoms with E-state index in [1.165, 1.54) is 23.1 Å². The lowest BCUT2D eigenvalue weighted by molar-refractivity contribution is 0.102. The monoisotopic (exact) mass is 643 g/mol. The summed E-state index contributed by atoms with van der Waals surface area (Å²) in [6.07, 6.45) is 3.65. The van der Waals surface area contributed by atoms with Gasteiger partial charge in [-0.2, -0.15) is 0 Å². The van der Waals surface area contributed by atoms with Gasteiger partial charge in [-0.05, 0) is 49.6 Å². The summed E-state index contributed by atoms with van der Waals surface area (Å²) in [5.74, 6) is -0.531. The van der Waals surface area contributed by atoms with Crippen LogP contribution in [0.1, 0.15) is 28.9 Å². The van der Waals surface area contributed by atoms with Crippen molar-refractivity contribution in [1.29, 1.82) is 0 Å². The standard InChI is InChI=1S/C34H34FN5O7/c1-43-14-16-45-29-19-24-26(20-30(29)46-17-15-44-2)36-21-37-33(24)47-28-12-11-22(18-25(28)35)38-32(41)31-27-10-6-7-13-39(27)40(34(31)42)23-8-4-3-5-9-23/h3-5,8-9,11-12,18-21H,6-7,10,13-17H2,1-2H3,(H,38,41). The Bertz CT molecular complexity index is 1940. The number of para-hydroxylation sites is 1. The molecule has 244 valence electrons. The van der Waals surface area contributed by atoms with Crippen molar-refractivity contribution in [3.63, 3.8) is 0 Å². The number of ether oxygens (including phenoxy) is 5. The van der Waals surface area contributed by atoms with Crippen LogP contribution < -0.4 is 25.1 Å². The van der Waals surface area contributed by atoms with Crippen molar-refractivity contribution >= 4 is 22.5 Å². The molecule has 0 bridgehead atoms. The van der Waals surface area contributed by atoms with E-state index < -0.39 is 17.3 Å². The summed E-state index contributed by atoms with van der Waals surface area (Å²) in [6, 6.07) is 16.6. The highest BCUT2D eigenvalue weighted by Crippen LogP contribution is 2.37. The van der Waals surface area contributed by atoms with Crippen molar-refractivity contribution in [2.45, 2.75) is 25.8 Å². The van der Waals surface area contributed by atoms with E-state index in [1.807, 2.05) is 35.0 Å². The quantitative estimate of drug-likeness (QED) is 0.173. The molecular formula is C34H34FN5O7. The fraction of sp³-hybridized carbons (Fsp3) is 0.294. The minimum Gasteiger partial charge on any atom is -0.487 e. The van der Waals surface area contributed by atoms with Crippen molar-refractivity contribution in [2.75, 3.05) is 46.0 Å². The van der Waals surface area contributed by atoms with Gasteiger partial charge < -0.3 is 29.0 Å². The molecular weight excluding hydrogens is 609 g/mol. The molecule has 3 aromatic carbocycles. The number of fused-ring (bicyclic) bond motifs is 2. The van der Waals surface area contributed by atoms with Crippen molar-refractivity contribution in [3.05, 3.63) is 94.4 Å². The number of rotatable bonds is 13. The van der Waals surface area contributed by atoms with E-state index in [0.717, 1.165) is 18.9 Å². The molecule has 6 rings (SSSR count). The molecule has 2 aromatic heterocycles. The number of amides is 1. The first kappa shape index (κ1) is 31.7. The van der Waals surface area contributed by atoms with Gasteiger partial charge in [0.1, 0.15) is 25.1 Å². The van der Waals surface area contributed by atoms with Crippen LogP contribution in [0.4, 0.5) is 10.1 Å². The average Bonchev–Trinajstić information content (AvgIpc) is 3.38. The molecule has 3 heterocycles. The van der Waals surface area contributed by atoms with Gasteiger partial charge in [-0.15, -0.1) is 0 Å². The van der Waals surface area contributed by atoms with Gasteiger partial charge in [0.15, 0.2) is 23.1 Å². The van der Waals surface area contributed by atoms with Crippen LogP contribution in [0.3, 0.4) is 0 Å². The van der Waals surface area contributed by atoms with Gasteiger partial charge in [-0.1, -0.05) is 18.2 Å². The number of benzene rings is 3. The Balaban J connectivity index is 1.25. The number of carbonyl (C=O) groups is 1. The van der Waals surface area contributed by atoms with E-state index in [2.05, 4.69) is 15.3 Å². The number of nitrogens with zero attached hydrogens (tertiary/aromatic N) is 4. The summed E-state index contributed by atoms with van der Waals surface area (Å²) in [7, 11) is 3.15. The Morgan fingerprint density at radius 3 is 2.36 bits per heavy atom. The molecule has 0 saturated heterocycles. The van der Waals surface area contributed by atoms with Crippen molar-refractivity contribution in [1.82, 2.24) is 19.3 Å². The topological polar surface area (TPSA) is 128 Å². The molecule has 0 fully saturated rings. The molecule has 12 nitrogen and oxygen atoms in total. The third-order valence-electron chi connectivity index (χ3n) is 7.66. The SMILES string of the molecule is COCCOc1cc2ncnc(Oc3ccc(NC(=O)c4c5n(n(-c6ccccc6)c4=O)CCCC5)cc3F)c2cc1OCCOC. The molecule has 1 N–H and O–H groups in total. The van der Waals surface area contributed by atoms with Crippen LogP contribution in [0.25, 0.3) is 16.6 Å². The second-order valence-electron chi connectivity index (χ2n) is 10.7. The maximum absolute atomic E-state index is 15.4. The summed E-state index contributed by atoms with van der Waals surface area (Å²) >= 11 is 0. The second-order valence-corrected chi connectivity index (χ2v) is 10.7.